The molecule has 0 atom stereocenters. The maximum absolute atomic E-state index is 4.73. The van der Waals surface area contributed by atoms with Gasteiger partial charge in [-0.2, -0.15) is 0 Å². The monoisotopic (exact) mass is 295 g/mol. The molecule has 3 nitrogen and oxygen atoms in total. The SMILES string of the molecule is CC1(C)CCN(c2cc(Br)nc(C3CC3)n2)C1. The van der Waals surface area contributed by atoms with Gasteiger partial charge in [-0.1, -0.05) is 13.8 Å². The van der Waals surface area contributed by atoms with Gasteiger partial charge in [0, 0.05) is 25.1 Å². The Bertz CT molecular complexity index is 440. The summed E-state index contributed by atoms with van der Waals surface area (Å²) in [5, 5.41) is 0. The van der Waals surface area contributed by atoms with Crippen molar-refractivity contribution in [1.29, 1.82) is 0 Å². The molecule has 1 aromatic heterocycles. The molecule has 1 saturated heterocycles. The number of nitrogens with zero attached hydrogens (tertiary/aromatic N) is 3. The normalized spacial score (nSPS) is 23.1. The molecule has 4 heteroatoms. The largest absolute Gasteiger partial charge is 0.356 e. The molecule has 1 aliphatic carbocycles. The average Bonchev–Trinajstić information content (AvgIpc) is 3.02. The van der Waals surface area contributed by atoms with Crippen LogP contribution < -0.4 is 4.90 Å². The van der Waals surface area contributed by atoms with Crippen molar-refractivity contribution in [2.75, 3.05) is 18.0 Å². The first-order chi connectivity index (χ1) is 8.03. The Morgan fingerprint density at radius 2 is 2.12 bits per heavy atom. The second-order valence-corrected chi connectivity index (χ2v) is 6.83. The maximum Gasteiger partial charge on any atom is 0.135 e. The van der Waals surface area contributed by atoms with E-state index in [1.807, 2.05) is 6.07 Å². The molecular weight excluding hydrogens is 278 g/mol. The van der Waals surface area contributed by atoms with Crippen molar-refractivity contribution in [2.24, 2.45) is 5.41 Å². The lowest BCUT2D eigenvalue weighted by Gasteiger charge is -2.21. The van der Waals surface area contributed by atoms with E-state index < -0.39 is 0 Å². The molecule has 92 valence electrons. The molecule has 3 rings (SSSR count). The predicted octanol–water partition coefficient (Wildman–Crippen LogP) is 3.35. The van der Waals surface area contributed by atoms with E-state index in [0.29, 0.717) is 11.3 Å². The van der Waals surface area contributed by atoms with Gasteiger partial charge in [0.25, 0.3) is 0 Å². The summed E-state index contributed by atoms with van der Waals surface area (Å²) in [6, 6.07) is 2.05. The van der Waals surface area contributed by atoms with Crippen molar-refractivity contribution in [2.45, 2.75) is 39.0 Å². The van der Waals surface area contributed by atoms with E-state index in [2.05, 4.69) is 39.7 Å². The molecule has 1 aliphatic heterocycles. The van der Waals surface area contributed by atoms with Gasteiger partial charge in [-0.3, -0.25) is 0 Å². The minimum absolute atomic E-state index is 0.414. The number of rotatable bonds is 2. The first-order valence-electron chi connectivity index (χ1n) is 6.33. The quantitative estimate of drug-likeness (QED) is 0.784. The molecule has 2 heterocycles. The lowest BCUT2D eigenvalue weighted by molar-refractivity contribution is 0.418. The average molecular weight is 296 g/mol. The fourth-order valence-electron chi connectivity index (χ4n) is 2.42. The summed E-state index contributed by atoms with van der Waals surface area (Å²) in [7, 11) is 0. The fourth-order valence-corrected chi connectivity index (χ4v) is 2.80. The molecular formula is C13H18BrN3. The number of anilines is 1. The molecule has 0 bridgehead atoms. The van der Waals surface area contributed by atoms with Crippen molar-refractivity contribution in [3.8, 4) is 0 Å². The Labute approximate surface area is 111 Å². The Morgan fingerprint density at radius 3 is 2.71 bits per heavy atom. The van der Waals surface area contributed by atoms with Gasteiger partial charge in [0.15, 0.2) is 0 Å². The molecule has 1 saturated carbocycles. The van der Waals surface area contributed by atoms with Gasteiger partial charge in [-0.05, 0) is 40.6 Å². The van der Waals surface area contributed by atoms with Gasteiger partial charge in [0.05, 0.1) is 0 Å². The second kappa shape index (κ2) is 3.94. The summed E-state index contributed by atoms with van der Waals surface area (Å²) < 4.78 is 0.925. The van der Waals surface area contributed by atoms with Crippen LogP contribution in [0.5, 0.6) is 0 Å². The highest BCUT2D eigenvalue weighted by Crippen LogP contribution is 2.40. The zero-order chi connectivity index (χ0) is 12.0. The van der Waals surface area contributed by atoms with Crippen LogP contribution in [0, 0.1) is 5.41 Å². The Hall–Kier alpha value is -0.640. The standard InChI is InChI=1S/C13H18BrN3/c1-13(2)5-6-17(8-13)11-7-10(14)15-12(16-11)9-3-4-9/h7,9H,3-6,8H2,1-2H3. The molecule has 17 heavy (non-hydrogen) atoms. The number of hydrogen-bond donors (Lipinski definition) is 0. The van der Waals surface area contributed by atoms with Gasteiger partial charge in [-0.25, -0.2) is 9.97 Å². The van der Waals surface area contributed by atoms with Crippen LogP contribution in [0.15, 0.2) is 10.7 Å². The molecule has 0 unspecified atom stereocenters. The van der Waals surface area contributed by atoms with E-state index >= 15 is 0 Å². The highest BCUT2D eigenvalue weighted by molar-refractivity contribution is 9.10. The Morgan fingerprint density at radius 1 is 1.35 bits per heavy atom. The van der Waals surface area contributed by atoms with Crippen LogP contribution in [0.3, 0.4) is 0 Å². The summed E-state index contributed by atoms with van der Waals surface area (Å²) in [6.07, 6.45) is 3.75. The molecule has 0 radical (unpaired) electrons. The second-order valence-electron chi connectivity index (χ2n) is 6.02. The predicted molar refractivity (Wildman–Crippen MR) is 72.3 cm³/mol. The summed E-state index contributed by atoms with van der Waals surface area (Å²) in [6.45, 7) is 6.86. The van der Waals surface area contributed by atoms with Gasteiger partial charge >= 0.3 is 0 Å². The van der Waals surface area contributed by atoms with Crippen LogP contribution >= 0.6 is 15.9 Å². The van der Waals surface area contributed by atoms with E-state index in [-0.39, 0.29) is 0 Å². The molecule has 0 aromatic carbocycles. The Balaban J connectivity index is 1.87. The maximum atomic E-state index is 4.73. The van der Waals surface area contributed by atoms with E-state index in [9.17, 15) is 0 Å². The summed E-state index contributed by atoms with van der Waals surface area (Å²) in [5.74, 6) is 2.74. The molecule has 2 fully saturated rings. The fraction of sp³-hybridized carbons (Fsp3) is 0.692. The first kappa shape index (κ1) is 11.5. The van der Waals surface area contributed by atoms with Crippen LogP contribution in [0.4, 0.5) is 5.82 Å². The van der Waals surface area contributed by atoms with Crippen LogP contribution in [0.25, 0.3) is 0 Å². The van der Waals surface area contributed by atoms with E-state index in [4.69, 9.17) is 4.98 Å². The van der Waals surface area contributed by atoms with Crippen molar-refractivity contribution < 1.29 is 0 Å². The van der Waals surface area contributed by atoms with Crippen molar-refractivity contribution in [3.05, 3.63) is 16.5 Å². The van der Waals surface area contributed by atoms with E-state index in [1.165, 1.54) is 19.3 Å². The van der Waals surface area contributed by atoms with Crippen LogP contribution in [-0.4, -0.2) is 23.1 Å². The summed E-state index contributed by atoms with van der Waals surface area (Å²) in [4.78, 5) is 11.6. The van der Waals surface area contributed by atoms with Crippen molar-refractivity contribution >= 4 is 21.7 Å². The van der Waals surface area contributed by atoms with Gasteiger partial charge < -0.3 is 4.90 Å². The smallest absolute Gasteiger partial charge is 0.135 e. The molecule has 0 amide bonds. The third kappa shape index (κ3) is 2.46. The van der Waals surface area contributed by atoms with Crippen LogP contribution in [-0.2, 0) is 0 Å². The van der Waals surface area contributed by atoms with Gasteiger partial charge in [0.2, 0.25) is 0 Å². The first-order valence-corrected chi connectivity index (χ1v) is 7.12. The number of hydrogen-bond acceptors (Lipinski definition) is 3. The van der Waals surface area contributed by atoms with E-state index in [0.717, 1.165) is 29.3 Å². The van der Waals surface area contributed by atoms with Gasteiger partial charge in [0.1, 0.15) is 16.2 Å². The minimum atomic E-state index is 0.414. The topological polar surface area (TPSA) is 29.0 Å². The molecule has 2 aliphatic rings. The third-order valence-corrected chi connectivity index (χ3v) is 4.05. The summed E-state index contributed by atoms with van der Waals surface area (Å²) >= 11 is 3.51. The zero-order valence-corrected chi connectivity index (χ0v) is 12.0. The highest BCUT2D eigenvalue weighted by Gasteiger charge is 2.32. The van der Waals surface area contributed by atoms with Crippen LogP contribution in [0.1, 0.15) is 44.9 Å². The van der Waals surface area contributed by atoms with Crippen LogP contribution in [0.2, 0.25) is 0 Å². The molecule has 1 aromatic rings. The van der Waals surface area contributed by atoms with Crippen molar-refractivity contribution in [3.63, 3.8) is 0 Å². The Kier molecular flexibility index (Phi) is 2.65. The van der Waals surface area contributed by atoms with Gasteiger partial charge in [-0.15, -0.1) is 0 Å². The van der Waals surface area contributed by atoms with Crippen molar-refractivity contribution in [1.82, 2.24) is 9.97 Å². The van der Waals surface area contributed by atoms with E-state index in [1.54, 1.807) is 0 Å². The lowest BCUT2D eigenvalue weighted by Crippen LogP contribution is -2.24. The number of aromatic nitrogens is 2. The zero-order valence-electron chi connectivity index (χ0n) is 10.4. The molecule has 0 N–H and O–H groups in total. The molecule has 0 spiro atoms. The highest BCUT2D eigenvalue weighted by atomic mass is 79.9. The lowest BCUT2D eigenvalue weighted by atomic mass is 9.93. The third-order valence-electron chi connectivity index (χ3n) is 3.64. The summed E-state index contributed by atoms with van der Waals surface area (Å²) in [5.41, 5.74) is 0.414. The number of halogens is 1. The minimum Gasteiger partial charge on any atom is -0.356 e.